The Labute approximate surface area is 134 Å². The molecule has 0 bridgehead atoms. The summed E-state index contributed by atoms with van der Waals surface area (Å²) in [6.45, 7) is 6.91. The maximum atomic E-state index is 5.45. The van der Waals surface area contributed by atoms with Gasteiger partial charge in [-0.1, -0.05) is 16.8 Å². The lowest BCUT2D eigenvalue weighted by Crippen LogP contribution is -2.37. The second-order valence-electron chi connectivity index (χ2n) is 5.79. The van der Waals surface area contributed by atoms with Crippen molar-refractivity contribution in [3.8, 4) is 11.4 Å². The second kappa shape index (κ2) is 5.62. The van der Waals surface area contributed by atoms with Crippen LogP contribution in [0.25, 0.3) is 22.3 Å². The van der Waals surface area contributed by atoms with E-state index < -0.39 is 0 Å². The van der Waals surface area contributed by atoms with Gasteiger partial charge >= 0.3 is 0 Å². The molecule has 0 amide bonds. The number of aromatic nitrogens is 3. The molecular formula is C17H18N4O2. The van der Waals surface area contributed by atoms with E-state index in [1.165, 1.54) is 5.56 Å². The molecule has 0 N–H and O–H groups in total. The van der Waals surface area contributed by atoms with Gasteiger partial charge in [-0.05, 0) is 25.1 Å². The molecule has 118 valence electrons. The van der Waals surface area contributed by atoms with Gasteiger partial charge in [0.2, 0.25) is 11.7 Å². The smallest absolute Gasteiger partial charge is 0.223 e. The minimum Gasteiger partial charge on any atom is -0.378 e. The Kier molecular flexibility index (Phi) is 3.46. The Morgan fingerprint density at radius 3 is 2.61 bits per heavy atom. The van der Waals surface area contributed by atoms with Gasteiger partial charge in [0, 0.05) is 25.4 Å². The van der Waals surface area contributed by atoms with Crippen molar-refractivity contribution in [2.24, 2.45) is 0 Å². The van der Waals surface area contributed by atoms with E-state index in [1.807, 2.05) is 0 Å². The van der Waals surface area contributed by atoms with Crippen LogP contribution in [0.1, 0.15) is 11.5 Å². The van der Waals surface area contributed by atoms with E-state index in [-0.39, 0.29) is 0 Å². The molecule has 0 spiro atoms. The van der Waals surface area contributed by atoms with Crippen LogP contribution in [-0.2, 0) is 4.74 Å². The summed E-state index contributed by atoms with van der Waals surface area (Å²) in [7, 11) is 0. The molecule has 1 aliphatic heterocycles. The van der Waals surface area contributed by atoms with E-state index in [1.54, 1.807) is 6.92 Å². The number of aryl methyl sites for hydroxylation is 2. The van der Waals surface area contributed by atoms with Crippen molar-refractivity contribution < 1.29 is 9.26 Å². The molecular weight excluding hydrogens is 292 g/mol. The maximum Gasteiger partial charge on any atom is 0.223 e. The highest BCUT2D eigenvalue weighted by molar-refractivity contribution is 5.88. The molecule has 4 rings (SSSR count). The topological polar surface area (TPSA) is 64.3 Å². The van der Waals surface area contributed by atoms with Crippen molar-refractivity contribution in [2.45, 2.75) is 13.8 Å². The van der Waals surface area contributed by atoms with Gasteiger partial charge in [0.1, 0.15) is 5.82 Å². The standard InChI is InChI=1S/C17H18N4O2/c1-11-3-4-15-13(9-11)10-14(16-18-12(2)23-20-16)17(19-15)21-5-7-22-8-6-21/h3-4,9-10H,5-8H2,1-2H3. The predicted octanol–water partition coefficient (Wildman–Crippen LogP) is 2.74. The first-order valence-electron chi connectivity index (χ1n) is 7.75. The lowest BCUT2D eigenvalue weighted by atomic mass is 10.1. The van der Waals surface area contributed by atoms with Crippen molar-refractivity contribution in [3.63, 3.8) is 0 Å². The molecule has 1 saturated heterocycles. The van der Waals surface area contributed by atoms with Crippen molar-refractivity contribution in [1.82, 2.24) is 15.1 Å². The van der Waals surface area contributed by atoms with Gasteiger partial charge in [-0.2, -0.15) is 4.98 Å². The maximum absolute atomic E-state index is 5.45. The van der Waals surface area contributed by atoms with Crippen LogP contribution in [0.3, 0.4) is 0 Å². The lowest BCUT2D eigenvalue weighted by molar-refractivity contribution is 0.122. The van der Waals surface area contributed by atoms with Crippen LogP contribution in [0.2, 0.25) is 0 Å². The van der Waals surface area contributed by atoms with Crippen molar-refractivity contribution in [1.29, 1.82) is 0 Å². The molecule has 0 aliphatic carbocycles. The monoisotopic (exact) mass is 310 g/mol. The molecule has 0 unspecified atom stereocenters. The summed E-state index contributed by atoms with van der Waals surface area (Å²) in [6, 6.07) is 8.36. The summed E-state index contributed by atoms with van der Waals surface area (Å²) in [4.78, 5) is 11.5. The first kappa shape index (κ1) is 14.1. The zero-order valence-corrected chi connectivity index (χ0v) is 13.2. The summed E-state index contributed by atoms with van der Waals surface area (Å²) in [5.74, 6) is 2.03. The van der Waals surface area contributed by atoms with Gasteiger partial charge in [-0.15, -0.1) is 0 Å². The molecule has 6 nitrogen and oxygen atoms in total. The summed E-state index contributed by atoms with van der Waals surface area (Å²) < 4.78 is 10.6. The summed E-state index contributed by atoms with van der Waals surface area (Å²) in [5.41, 5.74) is 3.08. The fraction of sp³-hybridized carbons (Fsp3) is 0.353. The first-order valence-corrected chi connectivity index (χ1v) is 7.75. The fourth-order valence-electron chi connectivity index (χ4n) is 2.88. The number of ether oxygens (including phenoxy) is 1. The van der Waals surface area contributed by atoms with Crippen LogP contribution in [0.15, 0.2) is 28.8 Å². The molecule has 1 aliphatic rings. The molecule has 0 saturated carbocycles. The van der Waals surface area contributed by atoms with Crippen molar-refractivity contribution >= 4 is 16.7 Å². The summed E-state index contributed by atoms with van der Waals surface area (Å²) in [6.07, 6.45) is 0. The fourth-order valence-corrected chi connectivity index (χ4v) is 2.88. The van der Waals surface area contributed by atoms with Crippen molar-refractivity contribution in [3.05, 3.63) is 35.7 Å². The third-order valence-corrected chi connectivity index (χ3v) is 4.03. The minimum atomic E-state index is 0.553. The average Bonchev–Trinajstić information content (AvgIpc) is 3.01. The van der Waals surface area contributed by atoms with Crippen LogP contribution in [0.4, 0.5) is 5.82 Å². The SMILES string of the molecule is Cc1ccc2nc(N3CCOCC3)c(-c3noc(C)n3)cc2c1. The Balaban J connectivity index is 1.91. The molecule has 6 heteroatoms. The molecule has 1 fully saturated rings. The summed E-state index contributed by atoms with van der Waals surface area (Å²) >= 11 is 0. The van der Waals surface area contributed by atoms with Gasteiger partial charge in [0.05, 0.1) is 24.3 Å². The number of benzene rings is 1. The molecule has 1 aromatic carbocycles. The predicted molar refractivity (Wildman–Crippen MR) is 87.5 cm³/mol. The zero-order chi connectivity index (χ0) is 15.8. The minimum absolute atomic E-state index is 0.553. The van der Waals surface area contributed by atoms with Crippen LogP contribution in [0, 0.1) is 13.8 Å². The number of hydrogen-bond acceptors (Lipinski definition) is 6. The quantitative estimate of drug-likeness (QED) is 0.725. The number of hydrogen-bond donors (Lipinski definition) is 0. The first-order chi connectivity index (χ1) is 11.2. The Hall–Kier alpha value is -2.47. The number of anilines is 1. The molecule has 3 aromatic rings. The van der Waals surface area contributed by atoms with Crippen LogP contribution < -0.4 is 4.90 Å². The number of fused-ring (bicyclic) bond motifs is 1. The Morgan fingerprint density at radius 1 is 1.04 bits per heavy atom. The number of morpholine rings is 1. The Bertz CT molecular complexity index is 853. The van der Waals surface area contributed by atoms with E-state index in [4.69, 9.17) is 14.2 Å². The van der Waals surface area contributed by atoms with E-state index >= 15 is 0 Å². The Morgan fingerprint density at radius 2 is 1.87 bits per heavy atom. The van der Waals surface area contributed by atoms with Crippen LogP contribution in [0.5, 0.6) is 0 Å². The molecule has 23 heavy (non-hydrogen) atoms. The third kappa shape index (κ3) is 2.66. The van der Waals surface area contributed by atoms with E-state index in [2.05, 4.69) is 46.2 Å². The van der Waals surface area contributed by atoms with Crippen LogP contribution >= 0.6 is 0 Å². The van der Waals surface area contributed by atoms with E-state index in [0.717, 1.165) is 35.4 Å². The third-order valence-electron chi connectivity index (χ3n) is 4.03. The number of nitrogens with zero attached hydrogens (tertiary/aromatic N) is 4. The number of pyridine rings is 1. The van der Waals surface area contributed by atoms with Gasteiger partial charge in [0.15, 0.2) is 0 Å². The van der Waals surface area contributed by atoms with E-state index in [0.29, 0.717) is 24.9 Å². The van der Waals surface area contributed by atoms with E-state index in [9.17, 15) is 0 Å². The lowest BCUT2D eigenvalue weighted by Gasteiger charge is -2.29. The largest absolute Gasteiger partial charge is 0.378 e. The average molecular weight is 310 g/mol. The molecule has 2 aromatic heterocycles. The van der Waals surface area contributed by atoms with Gasteiger partial charge in [-0.25, -0.2) is 4.98 Å². The van der Waals surface area contributed by atoms with Gasteiger partial charge < -0.3 is 14.2 Å². The molecule has 0 atom stereocenters. The molecule has 0 radical (unpaired) electrons. The van der Waals surface area contributed by atoms with Gasteiger partial charge in [-0.3, -0.25) is 0 Å². The summed E-state index contributed by atoms with van der Waals surface area (Å²) in [5, 5.41) is 5.17. The van der Waals surface area contributed by atoms with Gasteiger partial charge in [0.25, 0.3) is 0 Å². The highest BCUT2D eigenvalue weighted by Crippen LogP contribution is 2.31. The highest BCUT2D eigenvalue weighted by Gasteiger charge is 2.21. The van der Waals surface area contributed by atoms with Crippen molar-refractivity contribution in [2.75, 3.05) is 31.2 Å². The zero-order valence-electron chi connectivity index (χ0n) is 13.2. The van der Waals surface area contributed by atoms with Crippen LogP contribution in [-0.4, -0.2) is 41.4 Å². The molecule has 3 heterocycles. The second-order valence-corrected chi connectivity index (χ2v) is 5.79. The highest BCUT2D eigenvalue weighted by atomic mass is 16.5. The number of rotatable bonds is 2. The normalized spacial score (nSPS) is 15.3.